The zero-order valence-electron chi connectivity index (χ0n) is 13.4. The Hall–Kier alpha value is -2.67. The first-order valence-electron chi connectivity index (χ1n) is 7.52. The first-order chi connectivity index (χ1) is 11.5. The third-order valence-electron chi connectivity index (χ3n) is 4.06. The predicted molar refractivity (Wildman–Crippen MR) is 98.0 cm³/mol. The fourth-order valence-corrected chi connectivity index (χ4v) is 3.34. The molecule has 0 bridgehead atoms. The van der Waals surface area contributed by atoms with Crippen LogP contribution >= 0.6 is 12.2 Å². The maximum atomic E-state index is 10.9. The molecule has 6 nitrogen and oxygen atoms in total. The maximum Gasteiger partial charge on any atom is 0.273 e. The summed E-state index contributed by atoms with van der Waals surface area (Å²) in [5.41, 5.74) is 2.92. The van der Waals surface area contributed by atoms with Crippen molar-refractivity contribution >= 4 is 34.4 Å². The van der Waals surface area contributed by atoms with Crippen LogP contribution in [-0.4, -0.2) is 23.2 Å². The van der Waals surface area contributed by atoms with E-state index in [-0.39, 0.29) is 11.7 Å². The minimum Gasteiger partial charge on any atom is -0.494 e. The topological polar surface area (TPSA) is 67.6 Å². The molecule has 1 aliphatic heterocycles. The van der Waals surface area contributed by atoms with Crippen molar-refractivity contribution in [2.45, 2.75) is 19.4 Å². The number of anilines is 2. The van der Waals surface area contributed by atoms with Gasteiger partial charge < -0.3 is 15.0 Å². The molecule has 2 aromatic rings. The summed E-state index contributed by atoms with van der Waals surface area (Å²) in [7, 11) is 1.47. The molecular formula is C17H17N3O3S. The molecule has 0 amide bonds. The highest BCUT2D eigenvalue weighted by Gasteiger charge is 2.28. The highest BCUT2D eigenvalue weighted by Crippen LogP contribution is 2.34. The molecule has 1 atom stereocenters. The normalized spacial score (nSPS) is 15.8. The molecule has 7 heteroatoms. The molecule has 0 aromatic heterocycles. The fraction of sp³-hybridized carbons (Fsp3) is 0.235. The summed E-state index contributed by atoms with van der Waals surface area (Å²) in [5.74, 6) is 0.381. The van der Waals surface area contributed by atoms with E-state index in [1.165, 1.54) is 24.8 Å². The molecule has 1 N–H and O–H groups in total. The highest BCUT2D eigenvalue weighted by molar-refractivity contribution is 7.80. The lowest BCUT2D eigenvalue weighted by Gasteiger charge is -2.26. The number of nitrogens with one attached hydrogen (secondary N) is 1. The molecule has 0 radical (unpaired) electrons. The number of benzene rings is 2. The van der Waals surface area contributed by atoms with Gasteiger partial charge >= 0.3 is 0 Å². The van der Waals surface area contributed by atoms with Gasteiger partial charge in [-0.05, 0) is 43.3 Å². The lowest BCUT2D eigenvalue weighted by atomic mass is 10.1. The first kappa shape index (κ1) is 16.2. The van der Waals surface area contributed by atoms with Crippen LogP contribution in [0.1, 0.15) is 12.5 Å². The van der Waals surface area contributed by atoms with E-state index < -0.39 is 4.92 Å². The van der Waals surface area contributed by atoms with E-state index in [2.05, 4.69) is 23.2 Å². The third kappa shape index (κ3) is 2.90. The summed E-state index contributed by atoms with van der Waals surface area (Å²) < 4.78 is 5.25. The number of hydrogen-bond acceptors (Lipinski definition) is 4. The van der Waals surface area contributed by atoms with Gasteiger partial charge in [0.2, 0.25) is 0 Å². The monoisotopic (exact) mass is 343 g/mol. The van der Waals surface area contributed by atoms with Crippen LogP contribution in [0, 0.1) is 10.1 Å². The van der Waals surface area contributed by atoms with E-state index in [0.29, 0.717) is 16.5 Å². The summed E-state index contributed by atoms with van der Waals surface area (Å²) in [6, 6.07) is 12.8. The van der Waals surface area contributed by atoms with Crippen molar-refractivity contribution in [2.75, 3.05) is 17.3 Å². The second-order valence-corrected chi connectivity index (χ2v) is 6.01. The van der Waals surface area contributed by atoms with Gasteiger partial charge in [0, 0.05) is 17.8 Å². The van der Waals surface area contributed by atoms with Gasteiger partial charge in [-0.3, -0.25) is 10.1 Å². The number of methoxy groups -OCH3 is 1. The average Bonchev–Trinajstić information content (AvgIpc) is 2.90. The number of nitrogens with zero attached hydrogens (tertiary/aromatic N) is 2. The summed E-state index contributed by atoms with van der Waals surface area (Å²) in [5, 5.41) is 14.6. The summed E-state index contributed by atoms with van der Waals surface area (Å²) in [6.45, 7) is 2.11. The van der Waals surface area contributed by atoms with E-state index in [0.717, 1.165) is 12.1 Å². The molecule has 2 aromatic carbocycles. The van der Waals surface area contributed by atoms with Crippen molar-refractivity contribution in [1.82, 2.24) is 0 Å². The number of nitro groups is 1. The Morgan fingerprint density at radius 3 is 2.83 bits per heavy atom. The highest BCUT2D eigenvalue weighted by atomic mass is 32.1. The zero-order chi connectivity index (χ0) is 17.3. The SMILES string of the molecule is COc1cc([N+](=O)[O-])ccc1NC(=S)N1c2ccccc2C[C@@H]1C. The van der Waals surface area contributed by atoms with E-state index in [1.54, 1.807) is 6.07 Å². The number of rotatable bonds is 3. The maximum absolute atomic E-state index is 10.9. The second-order valence-electron chi connectivity index (χ2n) is 5.62. The number of para-hydroxylation sites is 1. The lowest BCUT2D eigenvalue weighted by Crippen LogP contribution is -2.38. The number of hydrogen-bond donors (Lipinski definition) is 1. The van der Waals surface area contributed by atoms with Crippen molar-refractivity contribution < 1.29 is 9.66 Å². The molecule has 3 rings (SSSR count). The minimum absolute atomic E-state index is 0.0248. The predicted octanol–water partition coefficient (Wildman–Crippen LogP) is 3.75. The molecular weight excluding hydrogens is 326 g/mol. The molecule has 0 saturated carbocycles. The Balaban J connectivity index is 1.86. The van der Waals surface area contributed by atoms with Crippen molar-refractivity contribution in [3.05, 3.63) is 58.1 Å². The standard InChI is InChI=1S/C17H17N3O3S/c1-11-9-12-5-3-4-6-15(12)19(11)17(24)18-14-8-7-13(20(21)22)10-16(14)23-2/h3-8,10-11H,9H2,1-2H3,(H,18,24)/t11-/m0/s1. The molecule has 124 valence electrons. The number of non-ortho nitro benzene ring substituents is 1. The zero-order valence-corrected chi connectivity index (χ0v) is 14.2. The van der Waals surface area contributed by atoms with Crippen LogP contribution in [-0.2, 0) is 6.42 Å². The van der Waals surface area contributed by atoms with Gasteiger partial charge in [-0.15, -0.1) is 0 Å². The van der Waals surface area contributed by atoms with Gasteiger partial charge in [-0.2, -0.15) is 0 Å². The second kappa shape index (κ2) is 6.45. The first-order valence-corrected chi connectivity index (χ1v) is 7.92. The fourth-order valence-electron chi connectivity index (χ4n) is 2.95. The Bertz CT molecular complexity index is 809. The van der Waals surface area contributed by atoms with Gasteiger partial charge in [0.25, 0.3) is 5.69 Å². The smallest absolute Gasteiger partial charge is 0.273 e. The Morgan fingerprint density at radius 2 is 2.12 bits per heavy atom. The van der Waals surface area contributed by atoms with E-state index >= 15 is 0 Å². The van der Waals surface area contributed by atoms with E-state index in [1.807, 2.05) is 18.2 Å². The third-order valence-corrected chi connectivity index (χ3v) is 4.36. The van der Waals surface area contributed by atoms with Gasteiger partial charge in [-0.1, -0.05) is 18.2 Å². The van der Waals surface area contributed by atoms with Crippen molar-refractivity contribution in [3.63, 3.8) is 0 Å². The van der Waals surface area contributed by atoms with Crippen LogP contribution in [0.4, 0.5) is 17.1 Å². The van der Waals surface area contributed by atoms with Crippen molar-refractivity contribution in [3.8, 4) is 5.75 Å². The van der Waals surface area contributed by atoms with Crippen LogP contribution in [0.5, 0.6) is 5.75 Å². The largest absolute Gasteiger partial charge is 0.494 e. The Morgan fingerprint density at radius 1 is 1.38 bits per heavy atom. The van der Waals surface area contributed by atoms with Gasteiger partial charge in [-0.25, -0.2) is 0 Å². The van der Waals surface area contributed by atoms with E-state index in [9.17, 15) is 10.1 Å². The van der Waals surface area contributed by atoms with Crippen LogP contribution in [0.3, 0.4) is 0 Å². The average molecular weight is 343 g/mol. The summed E-state index contributed by atoms with van der Waals surface area (Å²) >= 11 is 5.57. The van der Waals surface area contributed by atoms with Crippen molar-refractivity contribution in [2.24, 2.45) is 0 Å². The molecule has 1 heterocycles. The van der Waals surface area contributed by atoms with Crippen LogP contribution in [0.2, 0.25) is 0 Å². The quantitative estimate of drug-likeness (QED) is 0.520. The van der Waals surface area contributed by atoms with Gasteiger partial charge in [0.1, 0.15) is 5.75 Å². The minimum atomic E-state index is -0.455. The molecule has 0 spiro atoms. The number of fused-ring (bicyclic) bond motifs is 1. The number of ether oxygens (including phenoxy) is 1. The van der Waals surface area contributed by atoms with Gasteiger partial charge in [0.15, 0.2) is 5.11 Å². The molecule has 24 heavy (non-hydrogen) atoms. The molecule has 0 aliphatic carbocycles. The van der Waals surface area contributed by atoms with Gasteiger partial charge in [0.05, 0.1) is 23.8 Å². The van der Waals surface area contributed by atoms with Crippen LogP contribution in [0.25, 0.3) is 0 Å². The summed E-state index contributed by atoms with van der Waals surface area (Å²) in [4.78, 5) is 12.5. The van der Waals surface area contributed by atoms with Crippen molar-refractivity contribution in [1.29, 1.82) is 0 Å². The molecule has 0 fully saturated rings. The number of nitro benzene ring substituents is 1. The van der Waals surface area contributed by atoms with Crippen LogP contribution in [0.15, 0.2) is 42.5 Å². The molecule has 1 aliphatic rings. The summed E-state index contributed by atoms with van der Waals surface area (Å²) in [6.07, 6.45) is 0.926. The molecule has 0 saturated heterocycles. The molecule has 0 unspecified atom stereocenters. The van der Waals surface area contributed by atoms with Crippen LogP contribution < -0.4 is 15.0 Å². The Labute approximate surface area is 145 Å². The Kier molecular flexibility index (Phi) is 4.35. The number of thiocarbonyl (C=S) groups is 1. The lowest BCUT2D eigenvalue weighted by molar-refractivity contribution is -0.384. The van der Waals surface area contributed by atoms with E-state index in [4.69, 9.17) is 17.0 Å².